The molecular formula is C13H15ClN2O4. The van der Waals surface area contributed by atoms with Gasteiger partial charge in [-0.1, -0.05) is 11.6 Å². The zero-order valence-corrected chi connectivity index (χ0v) is 11.6. The minimum atomic E-state index is -0.671. The lowest BCUT2D eigenvalue weighted by Crippen LogP contribution is -2.34. The van der Waals surface area contributed by atoms with Crippen LogP contribution >= 0.6 is 11.6 Å². The molecule has 1 aromatic heterocycles. The van der Waals surface area contributed by atoms with E-state index in [-0.39, 0.29) is 29.3 Å². The van der Waals surface area contributed by atoms with Crippen LogP contribution in [-0.4, -0.2) is 42.7 Å². The summed E-state index contributed by atoms with van der Waals surface area (Å²) in [5.41, 5.74) is 0.140. The normalized spacial score (nSPS) is 17.8. The summed E-state index contributed by atoms with van der Waals surface area (Å²) in [6, 6.07) is 3.06. The summed E-state index contributed by atoms with van der Waals surface area (Å²) in [6.07, 6.45) is 3.47. The number of aromatic nitrogens is 1. The number of halogens is 1. The topological polar surface area (TPSA) is 77.5 Å². The lowest BCUT2D eigenvalue weighted by Gasteiger charge is -2.11. The molecule has 1 atom stereocenters. The molecule has 1 aromatic rings. The molecule has 1 fully saturated rings. The summed E-state index contributed by atoms with van der Waals surface area (Å²) < 4.78 is 10.2. The molecule has 108 valence electrons. The molecule has 0 unspecified atom stereocenters. The molecule has 20 heavy (non-hydrogen) atoms. The zero-order valence-electron chi connectivity index (χ0n) is 10.8. The quantitative estimate of drug-likeness (QED) is 0.652. The Bertz CT molecular complexity index is 489. The standard InChI is InChI=1S/C13H15ClN2O4/c14-12-10(4-1-5-15-12)13(18)20-8-11(17)16-7-9-3-2-6-19-9/h1,4-5,9H,2-3,6-8H2,(H,16,17)/t9-/m0/s1. The van der Waals surface area contributed by atoms with Crippen LogP contribution in [0.15, 0.2) is 18.3 Å². The molecule has 6 nitrogen and oxygen atoms in total. The molecule has 0 saturated carbocycles. The fraction of sp³-hybridized carbons (Fsp3) is 0.462. The van der Waals surface area contributed by atoms with Gasteiger partial charge in [0.25, 0.3) is 5.91 Å². The summed E-state index contributed by atoms with van der Waals surface area (Å²) >= 11 is 5.75. The fourth-order valence-corrected chi connectivity index (χ4v) is 2.03. The Hall–Kier alpha value is -1.66. The van der Waals surface area contributed by atoms with E-state index in [4.69, 9.17) is 21.1 Å². The lowest BCUT2D eigenvalue weighted by atomic mass is 10.2. The lowest BCUT2D eigenvalue weighted by molar-refractivity contribution is -0.124. The summed E-state index contributed by atoms with van der Waals surface area (Å²) in [5, 5.41) is 2.71. The summed E-state index contributed by atoms with van der Waals surface area (Å²) in [7, 11) is 0. The van der Waals surface area contributed by atoms with Gasteiger partial charge < -0.3 is 14.8 Å². The molecule has 7 heteroatoms. The molecule has 0 spiro atoms. The Morgan fingerprint density at radius 2 is 2.40 bits per heavy atom. The predicted molar refractivity (Wildman–Crippen MR) is 71.5 cm³/mol. The van der Waals surface area contributed by atoms with E-state index in [2.05, 4.69) is 10.3 Å². The van der Waals surface area contributed by atoms with Crippen molar-refractivity contribution in [3.8, 4) is 0 Å². The van der Waals surface area contributed by atoms with Crippen LogP contribution in [-0.2, 0) is 14.3 Å². The molecule has 1 N–H and O–H groups in total. The van der Waals surface area contributed by atoms with Gasteiger partial charge in [0.1, 0.15) is 5.15 Å². The van der Waals surface area contributed by atoms with Gasteiger partial charge in [-0.2, -0.15) is 0 Å². The largest absolute Gasteiger partial charge is 0.452 e. The number of esters is 1. The molecule has 1 aliphatic rings. The van der Waals surface area contributed by atoms with Crippen molar-refractivity contribution in [2.45, 2.75) is 18.9 Å². The number of hydrogen-bond donors (Lipinski definition) is 1. The van der Waals surface area contributed by atoms with Crippen LogP contribution in [0.4, 0.5) is 0 Å². The van der Waals surface area contributed by atoms with E-state index in [1.807, 2.05) is 0 Å². The maximum Gasteiger partial charge on any atom is 0.341 e. The average molecular weight is 299 g/mol. The van der Waals surface area contributed by atoms with Crippen molar-refractivity contribution in [1.29, 1.82) is 0 Å². The molecule has 2 rings (SSSR count). The van der Waals surface area contributed by atoms with Gasteiger partial charge in [-0.3, -0.25) is 4.79 Å². The van der Waals surface area contributed by atoms with Gasteiger partial charge in [0.2, 0.25) is 0 Å². The van der Waals surface area contributed by atoms with Crippen molar-refractivity contribution >= 4 is 23.5 Å². The molecule has 0 aromatic carbocycles. The number of pyridine rings is 1. The first kappa shape index (κ1) is 14.7. The van der Waals surface area contributed by atoms with Gasteiger partial charge in [0.05, 0.1) is 11.7 Å². The molecular weight excluding hydrogens is 284 g/mol. The van der Waals surface area contributed by atoms with Crippen molar-refractivity contribution in [3.05, 3.63) is 29.0 Å². The van der Waals surface area contributed by atoms with Crippen LogP contribution in [0.25, 0.3) is 0 Å². The average Bonchev–Trinajstić information content (AvgIpc) is 2.96. The number of carbonyl (C=O) groups excluding carboxylic acids is 2. The summed E-state index contributed by atoms with van der Waals surface area (Å²) in [4.78, 5) is 27.0. The minimum absolute atomic E-state index is 0.0530. The van der Waals surface area contributed by atoms with E-state index in [1.54, 1.807) is 6.07 Å². The van der Waals surface area contributed by atoms with Crippen molar-refractivity contribution in [3.63, 3.8) is 0 Å². The zero-order chi connectivity index (χ0) is 14.4. The van der Waals surface area contributed by atoms with Crippen LogP contribution < -0.4 is 5.32 Å². The Kier molecular flexibility index (Phi) is 5.31. The Morgan fingerprint density at radius 3 is 3.10 bits per heavy atom. The maximum atomic E-state index is 11.7. The van der Waals surface area contributed by atoms with E-state index in [0.717, 1.165) is 19.4 Å². The first-order valence-corrected chi connectivity index (χ1v) is 6.70. The van der Waals surface area contributed by atoms with Crippen LogP contribution in [0.2, 0.25) is 5.15 Å². The SMILES string of the molecule is O=C(COC(=O)c1cccnc1Cl)NC[C@@H]1CCCO1. The number of nitrogens with one attached hydrogen (secondary N) is 1. The number of nitrogens with zero attached hydrogens (tertiary/aromatic N) is 1. The maximum absolute atomic E-state index is 11.7. The van der Waals surface area contributed by atoms with E-state index in [9.17, 15) is 9.59 Å². The van der Waals surface area contributed by atoms with Gasteiger partial charge in [-0.05, 0) is 25.0 Å². The van der Waals surface area contributed by atoms with Crippen molar-refractivity contribution in [2.24, 2.45) is 0 Å². The van der Waals surface area contributed by atoms with Crippen molar-refractivity contribution < 1.29 is 19.1 Å². The van der Waals surface area contributed by atoms with Crippen molar-refractivity contribution in [1.82, 2.24) is 10.3 Å². The third-order valence-electron chi connectivity index (χ3n) is 2.86. The third-order valence-corrected chi connectivity index (χ3v) is 3.17. The van der Waals surface area contributed by atoms with Crippen LogP contribution in [0.5, 0.6) is 0 Å². The first-order valence-electron chi connectivity index (χ1n) is 6.33. The molecule has 2 heterocycles. The van der Waals surface area contributed by atoms with E-state index in [0.29, 0.717) is 6.54 Å². The molecule has 1 saturated heterocycles. The van der Waals surface area contributed by atoms with Gasteiger partial charge in [0, 0.05) is 19.3 Å². The highest BCUT2D eigenvalue weighted by Crippen LogP contribution is 2.12. The van der Waals surface area contributed by atoms with Gasteiger partial charge in [-0.25, -0.2) is 9.78 Å². The number of amides is 1. The monoisotopic (exact) mass is 298 g/mol. The second kappa shape index (κ2) is 7.21. The van der Waals surface area contributed by atoms with E-state index >= 15 is 0 Å². The Labute approximate surface area is 121 Å². The van der Waals surface area contributed by atoms with Gasteiger partial charge in [-0.15, -0.1) is 0 Å². The molecule has 0 aliphatic carbocycles. The van der Waals surface area contributed by atoms with Crippen LogP contribution in [0.3, 0.4) is 0 Å². The first-order chi connectivity index (χ1) is 9.66. The third kappa shape index (κ3) is 4.18. The predicted octanol–water partition coefficient (Wildman–Crippen LogP) is 1.19. The molecule has 1 aliphatic heterocycles. The number of ether oxygens (including phenoxy) is 2. The summed E-state index contributed by atoms with van der Waals surface area (Å²) in [5.74, 6) is -1.04. The van der Waals surface area contributed by atoms with E-state index < -0.39 is 5.97 Å². The number of hydrogen-bond acceptors (Lipinski definition) is 5. The molecule has 0 bridgehead atoms. The highest BCUT2D eigenvalue weighted by atomic mass is 35.5. The smallest absolute Gasteiger partial charge is 0.341 e. The van der Waals surface area contributed by atoms with Crippen LogP contribution in [0, 0.1) is 0 Å². The molecule has 0 radical (unpaired) electrons. The fourth-order valence-electron chi connectivity index (χ4n) is 1.83. The van der Waals surface area contributed by atoms with E-state index in [1.165, 1.54) is 12.3 Å². The number of rotatable bonds is 5. The minimum Gasteiger partial charge on any atom is -0.452 e. The van der Waals surface area contributed by atoms with Gasteiger partial charge in [0.15, 0.2) is 6.61 Å². The van der Waals surface area contributed by atoms with Crippen molar-refractivity contribution in [2.75, 3.05) is 19.8 Å². The van der Waals surface area contributed by atoms with Gasteiger partial charge >= 0.3 is 5.97 Å². The molecule has 1 amide bonds. The second-order valence-electron chi connectivity index (χ2n) is 4.36. The Balaban J connectivity index is 1.72. The summed E-state index contributed by atoms with van der Waals surface area (Å²) in [6.45, 7) is 0.815. The highest BCUT2D eigenvalue weighted by Gasteiger charge is 2.17. The number of carbonyl (C=O) groups is 2. The Morgan fingerprint density at radius 1 is 1.55 bits per heavy atom. The highest BCUT2D eigenvalue weighted by molar-refractivity contribution is 6.32. The second-order valence-corrected chi connectivity index (χ2v) is 4.72. The van der Waals surface area contributed by atoms with Crippen LogP contribution in [0.1, 0.15) is 23.2 Å².